The van der Waals surface area contributed by atoms with E-state index >= 15 is 0 Å². The Bertz CT molecular complexity index is 434. The molecule has 3 heteroatoms. The summed E-state index contributed by atoms with van der Waals surface area (Å²) in [4.78, 5) is 4.21. The van der Waals surface area contributed by atoms with Gasteiger partial charge in [0, 0.05) is 12.5 Å². The first-order chi connectivity index (χ1) is 6.81. The highest BCUT2D eigenvalue weighted by Gasteiger charge is 2.08. The van der Waals surface area contributed by atoms with Crippen LogP contribution in [0, 0.1) is 6.92 Å². The number of hydrogen-bond acceptors (Lipinski definition) is 3. The fourth-order valence-corrected chi connectivity index (χ4v) is 1.46. The van der Waals surface area contributed by atoms with Crippen molar-refractivity contribution in [2.45, 2.75) is 20.3 Å². The Balaban J connectivity index is 2.50. The highest BCUT2D eigenvalue weighted by molar-refractivity contribution is 5.59. The second kappa shape index (κ2) is 3.62. The third-order valence-electron chi connectivity index (χ3n) is 2.17. The van der Waals surface area contributed by atoms with Gasteiger partial charge in [0.25, 0.3) is 0 Å². The maximum Gasteiger partial charge on any atom is 0.223 e. The molecule has 0 spiro atoms. The molecule has 0 aliphatic rings. The molecule has 0 N–H and O–H groups in total. The van der Waals surface area contributed by atoms with Gasteiger partial charge in [0.15, 0.2) is 0 Å². The molecule has 1 aromatic carbocycles. The first-order valence-electron chi connectivity index (χ1n) is 4.70. The van der Waals surface area contributed by atoms with Gasteiger partial charge in [-0.25, -0.2) is 0 Å². The van der Waals surface area contributed by atoms with E-state index in [-0.39, 0.29) is 0 Å². The molecule has 0 aliphatic heterocycles. The number of hydrogen-bond donors (Lipinski definition) is 0. The fraction of sp³-hybridized carbons (Fsp3) is 0.273. The van der Waals surface area contributed by atoms with Crippen LogP contribution in [-0.2, 0) is 6.42 Å². The molecule has 14 heavy (non-hydrogen) atoms. The molecule has 1 aromatic heterocycles. The standard InChI is InChI=1S/C11H12N2O/c1-3-9-6-4-5-7-10(9)11-12-8(2)14-13-11/h4-7H,3H2,1-2H3. The lowest BCUT2D eigenvalue weighted by atomic mass is 10.1. The quantitative estimate of drug-likeness (QED) is 0.727. The molecule has 0 aliphatic carbocycles. The minimum atomic E-state index is 0.603. The van der Waals surface area contributed by atoms with Gasteiger partial charge in [-0.3, -0.25) is 0 Å². The number of aryl methyl sites for hydroxylation is 2. The molecule has 3 nitrogen and oxygen atoms in total. The SMILES string of the molecule is CCc1ccccc1-c1noc(C)n1. The van der Waals surface area contributed by atoms with Crippen LogP contribution in [0.5, 0.6) is 0 Å². The molecular formula is C11H12N2O. The predicted octanol–water partition coefficient (Wildman–Crippen LogP) is 2.61. The molecule has 2 rings (SSSR count). The third kappa shape index (κ3) is 1.53. The van der Waals surface area contributed by atoms with Crippen LogP contribution in [0.3, 0.4) is 0 Å². The molecule has 0 saturated carbocycles. The maximum absolute atomic E-state index is 4.96. The number of aromatic nitrogens is 2. The van der Waals surface area contributed by atoms with Gasteiger partial charge in [0.05, 0.1) is 0 Å². The van der Waals surface area contributed by atoms with E-state index in [0.29, 0.717) is 11.7 Å². The Hall–Kier alpha value is -1.64. The summed E-state index contributed by atoms with van der Waals surface area (Å²) >= 11 is 0. The summed E-state index contributed by atoms with van der Waals surface area (Å²) in [5, 5.41) is 3.91. The Labute approximate surface area is 82.8 Å². The Morgan fingerprint density at radius 1 is 1.29 bits per heavy atom. The van der Waals surface area contributed by atoms with Crippen molar-refractivity contribution >= 4 is 0 Å². The van der Waals surface area contributed by atoms with E-state index < -0.39 is 0 Å². The molecule has 0 radical (unpaired) electrons. The second-order valence-electron chi connectivity index (χ2n) is 3.15. The second-order valence-corrected chi connectivity index (χ2v) is 3.15. The summed E-state index contributed by atoms with van der Waals surface area (Å²) in [6, 6.07) is 8.11. The summed E-state index contributed by atoms with van der Waals surface area (Å²) in [5.41, 5.74) is 2.31. The number of nitrogens with zero attached hydrogens (tertiary/aromatic N) is 2. The summed E-state index contributed by atoms with van der Waals surface area (Å²) in [6.45, 7) is 3.91. The van der Waals surface area contributed by atoms with Crippen molar-refractivity contribution in [3.05, 3.63) is 35.7 Å². The zero-order valence-corrected chi connectivity index (χ0v) is 8.32. The molecule has 72 valence electrons. The van der Waals surface area contributed by atoms with Gasteiger partial charge in [-0.1, -0.05) is 36.3 Å². The zero-order valence-electron chi connectivity index (χ0n) is 8.32. The van der Waals surface area contributed by atoms with Crippen LogP contribution >= 0.6 is 0 Å². The average molecular weight is 188 g/mol. The molecule has 0 amide bonds. The van der Waals surface area contributed by atoms with E-state index in [4.69, 9.17) is 4.52 Å². The molecule has 1 heterocycles. The highest BCUT2D eigenvalue weighted by Crippen LogP contribution is 2.20. The predicted molar refractivity (Wildman–Crippen MR) is 53.8 cm³/mol. The van der Waals surface area contributed by atoms with E-state index in [2.05, 4.69) is 23.1 Å². The summed E-state index contributed by atoms with van der Waals surface area (Å²) in [7, 11) is 0. The molecule has 0 atom stereocenters. The fourth-order valence-electron chi connectivity index (χ4n) is 1.46. The lowest BCUT2D eigenvalue weighted by Crippen LogP contribution is -1.88. The Kier molecular flexibility index (Phi) is 2.31. The summed E-state index contributed by atoms with van der Waals surface area (Å²) in [5.74, 6) is 1.28. The number of benzene rings is 1. The van der Waals surface area contributed by atoms with Gasteiger partial charge >= 0.3 is 0 Å². The maximum atomic E-state index is 4.96. The van der Waals surface area contributed by atoms with Crippen molar-refractivity contribution < 1.29 is 4.52 Å². The first kappa shape index (κ1) is 8.94. The largest absolute Gasteiger partial charge is 0.339 e. The summed E-state index contributed by atoms with van der Waals surface area (Å²) < 4.78 is 4.96. The van der Waals surface area contributed by atoms with Gasteiger partial charge < -0.3 is 4.52 Å². The average Bonchev–Trinajstić information content (AvgIpc) is 2.65. The molecule has 0 unspecified atom stereocenters. The molecular weight excluding hydrogens is 176 g/mol. The van der Waals surface area contributed by atoms with Crippen LogP contribution in [0.25, 0.3) is 11.4 Å². The van der Waals surface area contributed by atoms with Crippen LogP contribution in [0.1, 0.15) is 18.4 Å². The zero-order chi connectivity index (χ0) is 9.97. The molecule has 0 fully saturated rings. The normalized spacial score (nSPS) is 10.4. The van der Waals surface area contributed by atoms with Gasteiger partial charge in [-0.2, -0.15) is 4.98 Å². The summed E-state index contributed by atoms with van der Waals surface area (Å²) in [6.07, 6.45) is 0.976. The minimum absolute atomic E-state index is 0.603. The molecule has 0 saturated heterocycles. The highest BCUT2D eigenvalue weighted by atomic mass is 16.5. The van der Waals surface area contributed by atoms with Crippen LogP contribution in [0.15, 0.2) is 28.8 Å². The van der Waals surface area contributed by atoms with Crippen LogP contribution in [0.4, 0.5) is 0 Å². The van der Waals surface area contributed by atoms with Crippen molar-refractivity contribution in [3.63, 3.8) is 0 Å². The van der Waals surface area contributed by atoms with Crippen LogP contribution in [0.2, 0.25) is 0 Å². The first-order valence-corrected chi connectivity index (χ1v) is 4.70. The van der Waals surface area contributed by atoms with Crippen molar-refractivity contribution in [2.75, 3.05) is 0 Å². The van der Waals surface area contributed by atoms with Crippen molar-refractivity contribution in [1.82, 2.24) is 10.1 Å². The van der Waals surface area contributed by atoms with Gasteiger partial charge in [-0.15, -0.1) is 0 Å². The Morgan fingerprint density at radius 3 is 2.71 bits per heavy atom. The Morgan fingerprint density at radius 2 is 2.07 bits per heavy atom. The van der Waals surface area contributed by atoms with E-state index in [0.717, 1.165) is 12.0 Å². The monoisotopic (exact) mass is 188 g/mol. The minimum Gasteiger partial charge on any atom is -0.339 e. The topological polar surface area (TPSA) is 38.9 Å². The van der Waals surface area contributed by atoms with E-state index in [1.54, 1.807) is 6.92 Å². The van der Waals surface area contributed by atoms with Crippen molar-refractivity contribution in [1.29, 1.82) is 0 Å². The van der Waals surface area contributed by atoms with Crippen molar-refractivity contribution in [3.8, 4) is 11.4 Å². The molecule has 2 aromatic rings. The van der Waals surface area contributed by atoms with Gasteiger partial charge in [0.1, 0.15) is 0 Å². The van der Waals surface area contributed by atoms with Crippen LogP contribution < -0.4 is 0 Å². The van der Waals surface area contributed by atoms with Gasteiger partial charge in [-0.05, 0) is 12.0 Å². The van der Waals surface area contributed by atoms with Crippen molar-refractivity contribution in [2.24, 2.45) is 0 Å². The smallest absolute Gasteiger partial charge is 0.223 e. The van der Waals surface area contributed by atoms with Crippen LogP contribution in [-0.4, -0.2) is 10.1 Å². The lowest BCUT2D eigenvalue weighted by molar-refractivity contribution is 0.394. The third-order valence-corrected chi connectivity index (χ3v) is 2.17. The van der Waals surface area contributed by atoms with Gasteiger partial charge in [0.2, 0.25) is 11.7 Å². The van der Waals surface area contributed by atoms with E-state index in [1.165, 1.54) is 5.56 Å². The van der Waals surface area contributed by atoms with E-state index in [9.17, 15) is 0 Å². The lowest BCUT2D eigenvalue weighted by Gasteiger charge is -2.01. The van der Waals surface area contributed by atoms with E-state index in [1.807, 2.05) is 18.2 Å². The molecule has 0 bridgehead atoms. The number of rotatable bonds is 2.